The van der Waals surface area contributed by atoms with E-state index in [1.165, 1.54) is 49.4 Å². The van der Waals surface area contributed by atoms with Gasteiger partial charge in [-0.2, -0.15) is 0 Å². The largest absolute Gasteiger partial charge is 0.414 e. The second-order valence-corrected chi connectivity index (χ2v) is 10.6. The average molecular weight is 340 g/mol. The standard InChI is InChI=1S/C21H29NOSi/c1-21(2,3)24-23-18-12-10-17(11-13-18)22-19-7-5-4-6-16(19)14-20(22)15-8-9-15/h4-7,14-15,17-18H,8-13H2,1-3H3. The third-order valence-corrected chi connectivity index (χ3v) is 6.38. The number of aromatic nitrogens is 1. The predicted octanol–water partition coefficient (Wildman–Crippen LogP) is 5.86. The number of hydrogen-bond acceptors (Lipinski definition) is 1. The summed E-state index contributed by atoms with van der Waals surface area (Å²) < 4.78 is 8.90. The van der Waals surface area contributed by atoms with Gasteiger partial charge in [0, 0.05) is 23.4 Å². The molecule has 2 saturated carbocycles. The van der Waals surface area contributed by atoms with Crippen molar-refractivity contribution in [3.8, 4) is 0 Å². The molecule has 0 aliphatic heterocycles. The van der Waals surface area contributed by atoms with E-state index in [9.17, 15) is 0 Å². The van der Waals surface area contributed by atoms with E-state index in [0.29, 0.717) is 26.9 Å². The van der Waals surface area contributed by atoms with Gasteiger partial charge >= 0.3 is 0 Å². The van der Waals surface area contributed by atoms with Gasteiger partial charge in [0.05, 0.1) is 0 Å². The van der Waals surface area contributed by atoms with Crippen molar-refractivity contribution in [1.29, 1.82) is 0 Å². The Morgan fingerprint density at radius 1 is 1.00 bits per heavy atom. The van der Waals surface area contributed by atoms with E-state index < -0.39 is 0 Å². The quantitative estimate of drug-likeness (QED) is 0.637. The first-order chi connectivity index (χ1) is 11.5. The third kappa shape index (κ3) is 3.47. The lowest BCUT2D eigenvalue weighted by Crippen LogP contribution is -2.27. The molecule has 0 saturated heterocycles. The predicted molar refractivity (Wildman–Crippen MR) is 102 cm³/mol. The fraction of sp³-hybridized carbons (Fsp3) is 0.619. The number of nitrogens with zero attached hydrogens (tertiary/aromatic N) is 1. The first kappa shape index (κ1) is 16.4. The van der Waals surface area contributed by atoms with Crippen LogP contribution in [-0.2, 0) is 4.43 Å². The number of fused-ring (bicyclic) bond motifs is 1. The number of hydrogen-bond donors (Lipinski definition) is 0. The monoisotopic (exact) mass is 339 g/mol. The van der Waals surface area contributed by atoms with Crippen LogP contribution in [0.1, 0.15) is 76.9 Å². The van der Waals surface area contributed by atoms with Gasteiger partial charge in [0.15, 0.2) is 0 Å². The zero-order chi connectivity index (χ0) is 16.7. The average Bonchev–Trinajstić information content (AvgIpc) is 3.33. The third-order valence-electron chi connectivity index (χ3n) is 5.31. The molecule has 0 bridgehead atoms. The highest BCUT2D eigenvalue weighted by Gasteiger charge is 2.32. The topological polar surface area (TPSA) is 14.2 Å². The Morgan fingerprint density at radius 3 is 2.38 bits per heavy atom. The van der Waals surface area contributed by atoms with E-state index >= 15 is 0 Å². The van der Waals surface area contributed by atoms with E-state index in [4.69, 9.17) is 4.43 Å². The maximum absolute atomic E-state index is 6.21. The van der Waals surface area contributed by atoms with Crippen molar-refractivity contribution >= 4 is 20.7 Å². The summed E-state index contributed by atoms with van der Waals surface area (Å²) in [5.74, 6) is 0.814. The molecule has 1 heterocycles. The van der Waals surface area contributed by atoms with Gasteiger partial charge < -0.3 is 8.99 Å². The normalized spacial score (nSPS) is 25.3. The number of benzene rings is 1. The molecule has 2 aliphatic carbocycles. The Balaban J connectivity index is 1.49. The molecule has 0 spiro atoms. The van der Waals surface area contributed by atoms with Gasteiger partial charge in [0.2, 0.25) is 9.76 Å². The fourth-order valence-corrected chi connectivity index (χ4v) is 4.74. The molecule has 128 valence electrons. The van der Waals surface area contributed by atoms with Crippen LogP contribution < -0.4 is 0 Å². The van der Waals surface area contributed by atoms with Crippen LogP contribution in [0.25, 0.3) is 10.9 Å². The maximum atomic E-state index is 6.21. The van der Waals surface area contributed by atoms with Crippen molar-refractivity contribution < 1.29 is 4.43 Å². The molecule has 0 N–H and O–H groups in total. The van der Waals surface area contributed by atoms with Crippen LogP contribution in [0.2, 0.25) is 5.04 Å². The SMILES string of the molecule is CC(C)(C)[Si]OC1CCC(n2c(C3CC3)cc3ccccc32)CC1. The molecule has 2 aliphatic rings. The van der Waals surface area contributed by atoms with Gasteiger partial charge in [-0.25, -0.2) is 0 Å². The van der Waals surface area contributed by atoms with Gasteiger partial charge in [0.25, 0.3) is 0 Å². The Bertz CT molecular complexity index is 702. The summed E-state index contributed by atoms with van der Waals surface area (Å²) in [5.41, 5.74) is 3.04. The zero-order valence-corrected chi connectivity index (χ0v) is 16.2. The first-order valence-corrected chi connectivity index (χ1v) is 10.4. The molecule has 0 atom stereocenters. The van der Waals surface area contributed by atoms with Crippen LogP contribution in [0.5, 0.6) is 0 Å². The lowest BCUT2D eigenvalue weighted by Gasteiger charge is -2.32. The summed E-state index contributed by atoms with van der Waals surface area (Å²) in [6, 6.07) is 12.1. The second kappa shape index (κ2) is 6.34. The summed E-state index contributed by atoms with van der Waals surface area (Å²) in [6.45, 7) is 6.81. The highest BCUT2D eigenvalue weighted by atomic mass is 28.2. The summed E-state index contributed by atoms with van der Waals surface area (Å²) in [6.07, 6.45) is 8.18. The van der Waals surface area contributed by atoms with E-state index in [2.05, 4.69) is 55.7 Å². The number of rotatable bonds is 4. The molecule has 1 aromatic carbocycles. The Hall–Kier alpha value is -1.06. The molecule has 2 radical (unpaired) electrons. The molecule has 3 heteroatoms. The highest BCUT2D eigenvalue weighted by molar-refractivity contribution is 6.31. The minimum atomic E-state index is 0.298. The molecular formula is C21H29NOSi. The van der Waals surface area contributed by atoms with Gasteiger partial charge in [-0.3, -0.25) is 0 Å². The molecule has 2 fully saturated rings. The zero-order valence-electron chi connectivity index (χ0n) is 15.2. The minimum Gasteiger partial charge on any atom is -0.414 e. The molecule has 0 unspecified atom stereocenters. The second-order valence-electron chi connectivity index (χ2n) is 8.67. The van der Waals surface area contributed by atoms with E-state index in [-0.39, 0.29) is 0 Å². The molecular weight excluding hydrogens is 310 g/mol. The van der Waals surface area contributed by atoms with Crippen molar-refractivity contribution in [3.05, 3.63) is 36.0 Å². The molecule has 2 aromatic rings. The highest BCUT2D eigenvalue weighted by Crippen LogP contribution is 2.45. The van der Waals surface area contributed by atoms with Crippen LogP contribution in [0.15, 0.2) is 30.3 Å². The Labute approximate surface area is 148 Å². The van der Waals surface area contributed by atoms with E-state index in [0.717, 1.165) is 5.92 Å². The molecule has 2 nitrogen and oxygen atoms in total. The Kier molecular flexibility index (Phi) is 4.34. The first-order valence-electron chi connectivity index (χ1n) is 9.54. The van der Waals surface area contributed by atoms with Crippen molar-refractivity contribution in [2.75, 3.05) is 0 Å². The minimum absolute atomic E-state index is 0.298. The van der Waals surface area contributed by atoms with Gasteiger partial charge in [-0.1, -0.05) is 39.0 Å². The Morgan fingerprint density at radius 2 is 1.71 bits per heavy atom. The van der Waals surface area contributed by atoms with E-state index in [1.54, 1.807) is 5.69 Å². The van der Waals surface area contributed by atoms with Gasteiger partial charge in [-0.15, -0.1) is 0 Å². The van der Waals surface area contributed by atoms with Crippen molar-refractivity contribution in [2.24, 2.45) is 0 Å². The molecule has 0 amide bonds. The van der Waals surface area contributed by atoms with Crippen LogP contribution in [-0.4, -0.2) is 20.4 Å². The van der Waals surface area contributed by atoms with Gasteiger partial charge in [-0.05, 0) is 67.0 Å². The fourth-order valence-electron chi connectivity index (χ4n) is 3.98. The van der Waals surface area contributed by atoms with E-state index in [1.807, 2.05) is 0 Å². The van der Waals surface area contributed by atoms with Crippen LogP contribution in [0, 0.1) is 0 Å². The maximum Gasteiger partial charge on any atom is 0.236 e. The van der Waals surface area contributed by atoms with Gasteiger partial charge in [0.1, 0.15) is 0 Å². The molecule has 4 rings (SSSR count). The lowest BCUT2D eigenvalue weighted by atomic mass is 9.92. The summed E-state index contributed by atoms with van der Waals surface area (Å²) in [7, 11) is 0.619. The summed E-state index contributed by atoms with van der Waals surface area (Å²) >= 11 is 0. The van der Waals surface area contributed by atoms with Crippen molar-refractivity contribution in [3.63, 3.8) is 0 Å². The number of para-hydroxylation sites is 1. The van der Waals surface area contributed by atoms with Crippen LogP contribution >= 0.6 is 0 Å². The summed E-state index contributed by atoms with van der Waals surface area (Å²) in [5, 5.41) is 1.72. The lowest BCUT2D eigenvalue weighted by molar-refractivity contribution is 0.134. The van der Waals surface area contributed by atoms with Crippen LogP contribution in [0.3, 0.4) is 0 Å². The smallest absolute Gasteiger partial charge is 0.236 e. The summed E-state index contributed by atoms with van der Waals surface area (Å²) in [4.78, 5) is 0. The molecule has 24 heavy (non-hydrogen) atoms. The van der Waals surface area contributed by atoms with Crippen molar-refractivity contribution in [2.45, 2.75) is 82.4 Å². The van der Waals surface area contributed by atoms with Crippen molar-refractivity contribution in [1.82, 2.24) is 4.57 Å². The van der Waals surface area contributed by atoms with Crippen LogP contribution in [0.4, 0.5) is 0 Å². The molecule has 1 aromatic heterocycles.